The molecule has 2 heterocycles. The summed E-state index contributed by atoms with van der Waals surface area (Å²) in [5.41, 5.74) is 1.16. The highest BCUT2D eigenvalue weighted by atomic mass is 79.9. The quantitative estimate of drug-likeness (QED) is 0.740. The summed E-state index contributed by atoms with van der Waals surface area (Å²) in [7, 11) is 0. The van der Waals surface area contributed by atoms with Gasteiger partial charge in [0.2, 0.25) is 0 Å². The van der Waals surface area contributed by atoms with E-state index >= 15 is 0 Å². The highest BCUT2D eigenvalue weighted by Crippen LogP contribution is 2.39. The molecular formula is C14H11BrFN3O. The average Bonchev–Trinajstić information content (AvgIpc) is 2.83. The van der Waals surface area contributed by atoms with Crippen LogP contribution in [0.25, 0.3) is 11.3 Å². The van der Waals surface area contributed by atoms with Crippen molar-refractivity contribution in [1.29, 1.82) is 5.26 Å². The predicted octanol–water partition coefficient (Wildman–Crippen LogP) is 3.50. The predicted molar refractivity (Wildman–Crippen MR) is 74.8 cm³/mol. The van der Waals surface area contributed by atoms with Gasteiger partial charge in [-0.2, -0.15) is 10.4 Å². The van der Waals surface area contributed by atoms with E-state index in [0.29, 0.717) is 30.2 Å². The van der Waals surface area contributed by atoms with Gasteiger partial charge in [0.15, 0.2) is 0 Å². The molecule has 20 heavy (non-hydrogen) atoms. The third-order valence-electron chi connectivity index (χ3n) is 3.28. The molecule has 0 unspecified atom stereocenters. The van der Waals surface area contributed by atoms with E-state index in [1.807, 2.05) is 6.07 Å². The zero-order valence-electron chi connectivity index (χ0n) is 10.6. The Morgan fingerprint density at radius 3 is 3.05 bits per heavy atom. The lowest BCUT2D eigenvalue weighted by Crippen LogP contribution is -2.03. The molecule has 102 valence electrons. The van der Waals surface area contributed by atoms with Gasteiger partial charge in [0, 0.05) is 6.54 Å². The van der Waals surface area contributed by atoms with Gasteiger partial charge in [-0.15, -0.1) is 0 Å². The Morgan fingerprint density at radius 1 is 1.40 bits per heavy atom. The topological polar surface area (TPSA) is 50.8 Å². The van der Waals surface area contributed by atoms with Gasteiger partial charge in [-0.3, -0.25) is 4.68 Å². The Kier molecular flexibility index (Phi) is 3.45. The Hall–Kier alpha value is -1.87. The molecule has 0 fully saturated rings. The van der Waals surface area contributed by atoms with Gasteiger partial charge in [0.05, 0.1) is 28.5 Å². The van der Waals surface area contributed by atoms with Crippen LogP contribution in [0.4, 0.5) is 4.39 Å². The zero-order chi connectivity index (χ0) is 14.1. The summed E-state index contributed by atoms with van der Waals surface area (Å²) in [4.78, 5) is 0. The molecule has 1 aliphatic rings. The SMILES string of the molecule is N#Cc1c(F)ccc2c1-c1c(Br)cnn1CCCCO2. The summed E-state index contributed by atoms with van der Waals surface area (Å²) in [6.45, 7) is 1.26. The fraction of sp³-hybridized carbons (Fsp3) is 0.286. The van der Waals surface area contributed by atoms with Crippen molar-refractivity contribution in [2.24, 2.45) is 0 Å². The number of ether oxygens (including phenoxy) is 1. The molecule has 1 aromatic carbocycles. The fourth-order valence-electron chi connectivity index (χ4n) is 2.35. The van der Waals surface area contributed by atoms with Crippen LogP contribution in [0.2, 0.25) is 0 Å². The average molecular weight is 336 g/mol. The first-order valence-corrected chi connectivity index (χ1v) is 7.08. The van der Waals surface area contributed by atoms with Crippen molar-refractivity contribution >= 4 is 15.9 Å². The van der Waals surface area contributed by atoms with E-state index in [1.165, 1.54) is 6.07 Å². The molecule has 0 atom stereocenters. The molecule has 4 nitrogen and oxygen atoms in total. The maximum absolute atomic E-state index is 13.9. The van der Waals surface area contributed by atoms with E-state index in [-0.39, 0.29) is 5.56 Å². The molecule has 0 saturated carbocycles. The van der Waals surface area contributed by atoms with Gasteiger partial charge in [-0.05, 0) is 40.9 Å². The molecular weight excluding hydrogens is 325 g/mol. The molecule has 0 radical (unpaired) electrons. The number of nitrogens with zero attached hydrogens (tertiary/aromatic N) is 3. The van der Waals surface area contributed by atoms with Crippen molar-refractivity contribution in [3.8, 4) is 23.1 Å². The van der Waals surface area contributed by atoms with Crippen molar-refractivity contribution in [3.05, 3.63) is 34.2 Å². The molecule has 2 aromatic rings. The number of nitriles is 1. The first kappa shape index (κ1) is 13.1. The molecule has 6 heteroatoms. The van der Waals surface area contributed by atoms with Crippen LogP contribution in [0.15, 0.2) is 22.8 Å². The van der Waals surface area contributed by atoms with Crippen molar-refractivity contribution in [3.63, 3.8) is 0 Å². The molecule has 0 spiro atoms. The van der Waals surface area contributed by atoms with E-state index in [1.54, 1.807) is 16.9 Å². The van der Waals surface area contributed by atoms with Crippen LogP contribution >= 0.6 is 15.9 Å². The Morgan fingerprint density at radius 2 is 2.25 bits per heavy atom. The molecule has 0 N–H and O–H groups in total. The van der Waals surface area contributed by atoms with Gasteiger partial charge >= 0.3 is 0 Å². The Bertz CT molecular complexity index is 705. The van der Waals surface area contributed by atoms with Gasteiger partial charge in [0.25, 0.3) is 0 Å². The lowest BCUT2D eigenvalue weighted by Gasteiger charge is -2.13. The van der Waals surface area contributed by atoms with Gasteiger partial charge in [-0.25, -0.2) is 4.39 Å². The van der Waals surface area contributed by atoms with E-state index in [2.05, 4.69) is 21.0 Å². The maximum Gasteiger partial charge on any atom is 0.141 e. The first-order valence-electron chi connectivity index (χ1n) is 6.29. The Balaban J connectivity index is 2.34. The second-order valence-electron chi connectivity index (χ2n) is 4.53. The normalized spacial score (nSPS) is 14.1. The molecule has 0 amide bonds. The number of fused-ring (bicyclic) bond motifs is 3. The molecule has 3 rings (SSSR count). The minimum absolute atomic E-state index is 0.00755. The molecule has 0 saturated heterocycles. The van der Waals surface area contributed by atoms with Gasteiger partial charge in [0.1, 0.15) is 23.2 Å². The monoisotopic (exact) mass is 335 g/mol. The summed E-state index contributed by atoms with van der Waals surface area (Å²) < 4.78 is 22.1. The lowest BCUT2D eigenvalue weighted by molar-refractivity contribution is 0.306. The Labute approximate surface area is 123 Å². The second kappa shape index (κ2) is 5.25. The second-order valence-corrected chi connectivity index (χ2v) is 5.38. The summed E-state index contributed by atoms with van der Waals surface area (Å²) in [6.07, 6.45) is 3.46. The van der Waals surface area contributed by atoms with E-state index in [9.17, 15) is 9.65 Å². The number of aryl methyl sites for hydroxylation is 1. The maximum atomic E-state index is 13.9. The molecule has 0 bridgehead atoms. The summed E-state index contributed by atoms with van der Waals surface area (Å²) in [6, 6.07) is 4.77. The minimum atomic E-state index is -0.547. The van der Waals surface area contributed by atoms with Crippen LogP contribution < -0.4 is 4.74 Å². The van der Waals surface area contributed by atoms with E-state index < -0.39 is 5.82 Å². The smallest absolute Gasteiger partial charge is 0.141 e. The van der Waals surface area contributed by atoms with Crippen LogP contribution in [-0.2, 0) is 6.54 Å². The lowest BCUT2D eigenvalue weighted by atomic mass is 10.0. The van der Waals surface area contributed by atoms with Crippen molar-refractivity contribution in [2.75, 3.05) is 6.61 Å². The van der Waals surface area contributed by atoms with Crippen molar-refractivity contribution in [1.82, 2.24) is 9.78 Å². The number of rotatable bonds is 0. The molecule has 0 aliphatic carbocycles. The standard InChI is InChI=1S/C14H11BrFN3O/c15-10-8-18-19-5-1-2-6-20-12-4-3-11(16)9(7-17)13(12)14(10)19/h3-4,8H,1-2,5-6H2. The first-order chi connectivity index (χ1) is 9.72. The summed E-state index contributed by atoms with van der Waals surface area (Å²) in [5, 5.41) is 13.6. The highest BCUT2D eigenvalue weighted by molar-refractivity contribution is 9.10. The van der Waals surface area contributed by atoms with Gasteiger partial charge < -0.3 is 4.74 Å². The molecule has 1 aliphatic heterocycles. The third-order valence-corrected chi connectivity index (χ3v) is 3.86. The third kappa shape index (κ3) is 2.08. The van der Waals surface area contributed by atoms with Crippen LogP contribution in [0, 0.1) is 17.1 Å². The summed E-state index contributed by atoms with van der Waals surface area (Å²) >= 11 is 3.42. The number of hydrogen-bond donors (Lipinski definition) is 0. The van der Waals surface area contributed by atoms with Crippen LogP contribution in [-0.4, -0.2) is 16.4 Å². The highest BCUT2D eigenvalue weighted by Gasteiger charge is 2.23. The minimum Gasteiger partial charge on any atom is -0.493 e. The number of halogens is 2. The van der Waals surface area contributed by atoms with Crippen LogP contribution in [0.5, 0.6) is 5.75 Å². The van der Waals surface area contributed by atoms with E-state index in [4.69, 9.17) is 4.74 Å². The number of aromatic nitrogens is 2. The number of hydrogen-bond acceptors (Lipinski definition) is 3. The zero-order valence-corrected chi connectivity index (χ0v) is 12.2. The van der Waals surface area contributed by atoms with Crippen molar-refractivity contribution < 1.29 is 9.13 Å². The molecule has 1 aromatic heterocycles. The van der Waals surface area contributed by atoms with Crippen LogP contribution in [0.1, 0.15) is 18.4 Å². The largest absolute Gasteiger partial charge is 0.493 e. The fourth-order valence-corrected chi connectivity index (χ4v) is 2.84. The number of benzene rings is 1. The van der Waals surface area contributed by atoms with E-state index in [0.717, 1.165) is 17.3 Å². The summed E-state index contributed by atoms with van der Waals surface area (Å²) in [5.74, 6) is -0.0268. The van der Waals surface area contributed by atoms with Crippen LogP contribution in [0.3, 0.4) is 0 Å². The van der Waals surface area contributed by atoms with Crippen molar-refractivity contribution in [2.45, 2.75) is 19.4 Å². The van der Waals surface area contributed by atoms with Gasteiger partial charge in [-0.1, -0.05) is 0 Å².